The molecule has 0 spiro atoms. The molecule has 2 rings (SSSR count). The van der Waals surface area contributed by atoms with Crippen LogP contribution in [0.15, 0.2) is 53.0 Å². The lowest BCUT2D eigenvalue weighted by Gasteiger charge is -2.31. The normalized spacial score (nSPS) is 12.7. The van der Waals surface area contributed by atoms with Crippen molar-refractivity contribution in [3.63, 3.8) is 0 Å². The average molecular weight is 518 g/mol. The molecule has 0 heterocycles. The molecule has 0 fully saturated rings. The van der Waals surface area contributed by atoms with Gasteiger partial charge >= 0.3 is 0 Å². The summed E-state index contributed by atoms with van der Waals surface area (Å²) in [6.45, 7) is 14.3. The smallest absolute Gasteiger partial charge is 0.261 e. The number of halogens is 1. The van der Waals surface area contributed by atoms with Crippen LogP contribution in [0.2, 0.25) is 0 Å². The summed E-state index contributed by atoms with van der Waals surface area (Å²) in [5.74, 6) is 0.195. The van der Waals surface area contributed by atoms with Gasteiger partial charge in [-0.3, -0.25) is 9.59 Å². The fourth-order valence-electron chi connectivity index (χ4n) is 3.35. The first-order chi connectivity index (χ1) is 15.3. The predicted octanol–water partition coefficient (Wildman–Crippen LogP) is 5.50. The van der Waals surface area contributed by atoms with Crippen molar-refractivity contribution in [2.24, 2.45) is 0 Å². The predicted molar refractivity (Wildman–Crippen MR) is 138 cm³/mol. The monoisotopic (exact) mass is 516 g/mol. The van der Waals surface area contributed by atoms with E-state index in [1.165, 1.54) is 5.56 Å². The maximum absolute atomic E-state index is 13.2. The molecule has 1 atom stereocenters. The number of rotatable bonds is 8. The van der Waals surface area contributed by atoms with Crippen molar-refractivity contribution in [3.05, 3.63) is 64.1 Å². The van der Waals surface area contributed by atoms with E-state index in [2.05, 4.69) is 42.0 Å². The lowest BCUT2D eigenvalue weighted by Crippen LogP contribution is -2.53. The first-order valence-corrected chi connectivity index (χ1v) is 12.2. The second-order valence-electron chi connectivity index (χ2n) is 10.4. The Morgan fingerprint density at radius 1 is 1.03 bits per heavy atom. The van der Waals surface area contributed by atoms with Gasteiger partial charge in [0.25, 0.3) is 5.91 Å². The van der Waals surface area contributed by atoms with Crippen LogP contribution in [0.3, 0.4) is 0 Å². The summed E-state index contributed by atoms with van der Waals surface area (Å²) in [5.41, 5.74) is 1.92. The van der Waals surface area contributed by atoms with Gasteiger partial charge in [-0.05, 0) is 78.7 Å². The van der Waals surface area contributed by atoms with Crippen molar-refractivity contribution < 1.29 is 14.3 Å². The van der Waals surface area contributed by atoms with Crippen LogP contribution in [0.25, 0.3) is 0 Å². The third-order valence-corrected chi connectivity index (χ3v) is 5.92. The maximum atomic E-state index is 13.2. The fourth-order valence-corrected chi connectivity index (χ4v) is 3.84. The van der Waals surface area contributed by atoms with Gasteiger partial charge in [-0.25, -0.2) is 0 Å². The summed E-state index contributed by atoms with van der Waals surface area (Å²) in [7, 11) is 0. The van der Waals surface area contributed by atoms with Gasteiger partial charge in [-0.1, -0.05) is 57.2 Å². The molecule has 180 valence electrons. The molecule has 0 unspecified atom stereocenters. The van der Waals surface area contributed by atoms with Gasteiger partial charge < -0.3 is 15.0 Å². The Kier molecular flexibility index (Phi) is 9.12. The molecule has 33 heavy (non-hydrogen) atoms. The van der Waals surface area contributed by atoms with Crippen LogP contribution >= 0.6 is 15.9 Å². The van der Waals surface area contributed by atoms with E-state index in [0.717, 1.165) is 10.0 Å². The molecule has 0 aliphatic heterocycles. The number of carbonyl (C=O) groups is 2. The van der Waals surface area contributed by atoms with E-state index in [-0.39, 0.29) is 29.4 Å². The Balaban J connectivity index is 2.14. The molecule has 0 radical (unpaired) electrons. The highest BCUT2D eigenvalue weighted by molar-refractivity contribution is 9.10. The average Bonchev–Trinajstić information content (AvgIpc) is 2.71. The number of hydrogen-bond donors (Lipinski definition) is 1. The van der Waals surface area contributed by atoms with E-state index in [1.54, 1.807) is 11.8 Å². The minimum atomic E-state index is -0.615. The third kappa shape index (κ3) is 8.50. The lowest BCUT2D eigenvalue weighted by atomic mass is 9.87. The van der Waals surface area contributed by atoms with Gasteiger partial charge in [0.2, 0.25) is 5.91 Å². The molecule has 5 nitrogen and oxygen atoms in total. The number of amides is 2. The molecule has 2 aromatic rings. The SMILES string of the molecule is C[C@@H](C(=O)NC(C)(C)C)N(CCc1ccccc1)C(=O)COc1ccc(C(C)(C)C)cc1Br. The number of nitrogens with one attached hydrogen (secondary N) is 1. The van der Waals surface area contributed by atoms with Crippen LogP contribution in [0.5, 0.6) is 5.75 Å². The molecular formula is C27H37BrN2O3. The Hall–Kier alpha value is -2.34. The molecule has 6 heteroatoms. The van der Waals surface area contributed by atoms with Crippen LogP contribution in [0.4, 0.5) is 0 Å². The van der Waals surface area contributed by atoms with Crippen molar-refractivity contribution in [1.29, 1.82) is 0 Å². The van der Waals surface area contributed by atoms with Gasteiger partial charge in [0.15, 0.2) is 6.61 Å². The highest BCUT2D eigenvalue weighted by Crippen LogP contribution is 2.31. The number of nitrogens with zero attached hydrogens (tertiary/aromatic N) is 1. The molecule has 0 aliphatic rings. The second kappa shape index (κ2) is 11.2. The van der Waals surface area contributed by atoms with Gasteiger partial charge in [0.1, 0.15) is 11.8 Å². The summed E-state index contributed by atoms with van der Waals surface area (Å²) in [4.78, 5) is 27.6. The summed E-state index contributed by atoms with van der Waals surface area (Å²) >= 11 is 3.56. The van der Waals surface area contributed by atoms with E-state index < -0.39 is 6.04 Å². The number of hydrogen-bond acceptors (Lipinski definition) is 3. The molecular weight excluding hydrogens is 480 g/mol. The highest BCUT2D eigenvalue weighted by Gasteiger charge is 2.28. The van der Waals surface area contributed by atoms with Crippen LogP contribution in [-0.4, -0.2) is 41.4 Å². The third-order valence-electron chi connectivity index (χ3n) is 5.30. The second-order valence-corrected chi connectivity index (χ2v) is 11.3. The summed E-state index contributed by atoms with van der Waals surface area (Å²) in [6, 6.07) is 15.2. The minimum Gasteiger partial charge on any atom is -0.483 e. The lowest BCUT2D eigenvalue weighted by molar-refractivity contribution is -0.142. The van der Waals surface area contributed by atoms with Gasteiger partial charge in [-0.2, -0.15) is 0 Å². The zero-order chi connectivity index (χ0) is 24.8. The highest BCUT2D eigenvalue weighted by atomic mass is 79.9. The van der Waals surface area contributed by atoms with Crippen LogP contribution < -0.4 is 10.1 Å². The summed E-state index contributed by atoms with van der Waals surface area (Å²) in [6.07, 6.45) is 0.656. The van der Waals surface area contributed by atoms with Crippen LogP contribution in [0, 0.1) is 0 Å². The van der Waals surface area contributed by atoms with E-state index in [0.29, 0.717) is 18.7 Å². The first kappa shape index (κ1) is 26.9. The molecule has 0 saturated heterocycles. The largest absolute Gasteiger partial charge is 0.483 e. The maximum Gasteiger partial charge on any atom is 0.261 e. The Morgan fingerprint density at radius 2 is 1.67 bits per heavy atom. The standard InChI is InChI=1S/C27H37BrN2O3/c1-19(25(32)29-27(5,6)7)30(16-15-20-11-9-8-10-12-20)24(31)18-33-23-14-13-21(17-22(23)28)26(2,3)4/h8-14,17,19H,15-16,18H2,1-7H3,(H,29,32)/t19-/m0/s1. The molecule has 2 amide bonds. The van der Waals surface area contributed by atoms with Crippen LogP contribution in [0.1, 0.15) is 59.6 Å². The van der Waals surface area contributed by atoms with Gasteiger partial charge in [0, 0.05) is 12.1 Å². The van der Waals surface area contributed by atoms with E-state index >= 15 is 0 Å². The van der Waals surface area contributed by atoms with Crippen molar-refractivity contribution in [2.75, 3.05) is 13.2 Å². The van der Waals surface area contributed by atoms with Gasteiger partial charge in [-0.15, -0.1) is 0 Å². The number of ether oxygens (including phenoxy) is 1. The van der Waals surface area contributed by atoms with Crippen molar-refractivity contribution >= 4 is 27.7 Å². The fraction of sp³-hybridized carbons (Fsp3) is 0.481. The topological polar surface area (TPSA) is 58.6 Å². The van der Waals surface area contributed by atoms with Crippen LogP contribution in [-0.2, 0) is 21.4 Å². The number of benzene rings is 2. The molecule has 0 aromatic heterocycles. The van der Waals surface area contributed by atoms with E-state index in [9.17, 15) is 9.59 Å². The Bertz CT molecular complexity index is 946. The van der Waals surface area contributed by atoms with E-state index in [1.807, 2.05) is 69.3 Å². The Morgan fingerprint density at radius 3 is 2.21 bits per heavy atom. The quantitative estimate of drug-likeness (QED) is 0.503. The zero-order valence-electron chi connectivity index (χ0n) is 20.9. The molecule has 0 aliphatic carbocycles. The molecule has 0 bridgehead atoms. The van der Waals surface area contributed by atoms with Crippen molar-refractivity contribution in [1.82, 2.24) is 10.2 Å². The number of carbonyl (C=O) groups excluding carboxylic acids is 2. The molecule has 2 aromatic carbocycles. The minimum absolute atomic E-state index is 0.0148. The van der Waals surface area contributed by atoms with Crippen molar-refractivity contribution in [2.45, 2.75) is 71.9 Å². The zero-order valence-corrected chi connectivity index (χ0v) is 22.5. The summed E-state index contributed by atoms with van der Waals surface area (Å²) < 4.78 is 6.66. The molecule has 1 N–H and O–H groups in total. The summed E-state index contributed by atoms with van der Waals surface area (Å²) in [5, 5.41) is 2.97. The van der Waals surface area contributed by atoms with Crippen molar-refractivity contribution in [3.8, 4) is 5.75 Å². The molecule has 0 saturated carbocycles. The van der Waals surface area contributed by atoms with E-state index in [4.69, 9.17) is 4.74 Å². The van der Waals surface area contributed by atoms with Gasteiger partial charge in [0.05, 0.1) is 4.47 Å². The Labute approximate surface area is 207 Å². The first-order valence-electron chi connectivity index (χ1n) is 11.4.